The molecular formula is C14H18ClN3O3. The van der Waals surface area contributed by atoms with Crippen LogP contribution < -0.4 is 11.5 Å². The van der Waals surface area contributed by atoms with Crippen molar-refractivity contribution in [3.63, 3.8) is 0 Å². The zero-order valence-electron chi connectivity index (χ0n) is 11.7. The van der Waals surface area contributed by atoms with Gasteiger partial charge in [-0.25, -0.2) is 4.79 Å². The number of nitrogens with two attached hydrogens (primary N) is 2. The van der Waals surface area contributed by atoms with Crippen molar-refractivity contribution in [2.75, 3.05) is 13.2 Å². The molecule has 0 fully saturated rings. The van der Waals surface area contributed by atoms with E-state index in [-0.39, 0.29) is 6.61 Å². The molecule has 0 aliphatic carbocycles. The normalized spacial score (nSPS) is 17.6. The fraction of sp³-hybridized carbons (Fsp3) is 0.429. The van der Waals surface area contributed by atoms with E-state index in [1.165, 1.54) is 4.90 Å². The first-order valence-corrected chi connectivity index (χ1v) is 7.10. The molecule has 1 aliphatic rings. The Morgan fingerprint density at radius 1 is 1.48 bits per heavy atom. The summed E-state index contributed by atoms with van der Waals surface area (Å²) in [5.74, 6) is -0.425. The van der Waals surface area contributed by atoms with Crippen LogP contribution in [0.25, 0.3) is 0 Å². The lowest BCUT2D eigenvalue weighted by molar-refractivity contribution is -0.125. The molecule has 21 heavy (non-hydrogen) atoms. The van der Waals surface area contributed by atoms with Crippen molar-refractivity contribution in [2.24, 2.45) is 11.5 Å². The van der Waals surface area contributed by atoms with Crippen LogP contribution >= 0.6 is 11.6 Å². The molecule has 7 heteroatoms. The summed E-state index contributed by atoms with van der Waals surface area (Å²) < 4.78 is 5.01. The van der Waals surface area contributed by atoms with E-state index in [2.05, 4.69) is 0 Å². The van der Waals surface area contributed by atoms with E-state index in [9.17, 15) is 9.59 Å². The van der Waals surface area contributed by atoms with Gasteiger partial charge in [0, 0.05) is 11.6 Å². The van der Waals surface area contributed by atoms with Crippen LogP contribution in [-0.4, -0.2) is 36.1 Å². The summed E-state index contributed by atoms with van der Waals surface area (Å²) in [6.07, 6.45) is -1.11. The molecule has 1 atom stereocenters. The highest BCUT2D eigenvalue weighted by Crippen LogP contribution is 2.32. The molecule has 114 valence electrons. The molecule has 1 unspecified atom stereocenters. The van der Waals surface area contributed by atoms with Gasteiger partial charge in [0.1, 0.15) is 12.2 Å². The van der Waals surface area contributed by atoms with Crippen LogP contribution in [-0.2, 0) is 16.0 Å². The van der Waals surface area contributed by atoms with Crippen molar-refractivity contribution in [2.45, 2.75) is 25.6 Å². The first-order valence-electron chi connectivity index (χ1n) is 6.72. The third kappa shape index (κ3) is 3.18. The summed E-state index contributed by atoms with van der Waals surface area (Å²) in [5.41, 5.74) is 12.6. The highest BCUT2D eigenvalue weighted by molar-refractivity contribution is 6.30. The molecule has 1 amide bonds. The standard InChI is InChI=1S/C14H18ClN3O3/c1-2-21-14(20)18-6-5-8-7-9(15)3-4-10(8)11(18)12(19)13(16)17/h3-4,7,11,13H,2,5-6,16-17H2,1H3. The Morgan fingerprint density at radius 3 is 2.81 bits per heavy atom. The van der Waals surface area contributed by atoms with Crippen LogP contribution in [0.3, 0.4) is 0 Å². The van der Waals surface area contributed by atoms with Gasteiger partial charge in [0.25, 0.3) is 0 Å². The minimum atomic E-state index is -1.16. The Kier molecular flexibility index (Phi) is 4.82. The molecule has 0 aromatic heterocycles. The van der Waals surface area contributed by atoms with Crippen LogP contribution in [0, 0.1) is 0 Å². The molecule has 1 aliphatic heterocycles. The van der Waals surface area contributed by atoms with Crippen molar-refractivity contribution in [3.8, 4) is 0 Å². The predicted octanol–water partition coefficient (Wildman–Crippen LogP) is 1.21. The number of amides is 1. The maximum Gasteiger partial charge on any atom is 0.410 e. The van der Waals surface area contributed by atoms with E-state index in [0.29, 0.717) is 23.6 Å². The topological polar surface area (TPSA) is 98.6 Å². The average molecular weight is 312 g/mol. The van der Waals surface area contributed by atoms with Crippen molar-refractivity contribution in [1.29, 1.82) is 0 Å². The fourth-order valence-electron chi connectivity index (χ4n) is 2.49. The van der Waals surface area contributed by atoms with Gasteiger partial charge in [-0.15, -0.1) is 0 Å². The molecule has 0 saturated heterocycles. The number of hydrogen-bond acceptors (Lipinski definition) is 5. The summed E-state index contributed by atoms with van der Waals surface area (Å²) in [6, 6.07) is 4.37. The third-order valence-corrected chi connectivity index (χ3v) is 3.67. The van der Waals surface area contributed by atoms with Gasteiger partial charge in [0.15, 0.2) is 5.78 Å². The Bertz CT molecular complexity index is 562. The average Bonchev–Trinajstić information content (AvgIpc) is 2.45. The van der Waals surface area contributed by atoms with Gasteiger partial charge >= 0.3 is 6.09 Å². The van der Waals surface area contributed by atoms with Gasteiger partial charge in [-0.3, -0.25) is 9.69 Å². The number of ketones is 1. The molecule has 4 N–H and O–H groups in total. The lowest BCUT2D eigenvalue weighted by Gasteiger charge is -2.36. The maximum atomic E-state index is 12.3. The lowest BCUT2D eigenvalue weighted by atomic mass is 9.89. The van der Waals surface area contributed by atoms with Crippen molar-refractivity contribution in [1.82, 2.24) is 4.90 Å². The molecule has 1 heterocycles. The Labute approximate surface area is 128 Å². The minimum absolute atomic E-state index is 0.235. The van der Waals surface area contributed by atoms with E-state index in [1.807, 2.05) is 0 Å². The van der Waals surface area contributed by atoms with Gasteiger partial charge in [0.05, 0.1) is 6.61 Å². The summed E-state index contributed by atoms with van der Waals surface area (Å²) in [4.78, 5) is 25.8. The van der Waals surface area contributed by atoms with Gasteiger partial charge < -0.3 is 16.2 Å². The number of carbonyl (C=O) groups excluding carboxylic acids is 2. The number of rotatable bonds is 3. The number of benzene rings is 1. The Balaban J connectivity index is 2.43. The van der Waals surface area contributed by atoms with Crippen molar-refractivity contribution >= 4 is 23.5 Å². The van der Waals surface area contributed by atoms with Crippen LogP contribution in [0.5, 0.6) is 0 Å². The molecule has 0 spiro atoms. The molecular weight excluding hydrogens is 294 g/mol. The predicted molar refractivity (Wildman–Crippen MR) is 78.8 cm³/mol. The lowest BCUT2D eigenvalue weighted by Crippen LogP contribution is -2.51. The van der Waals surface area contributed by atoms with E-state index < -0.39 is 24.1 Å². The summed E-state index contributed by atoms with van der Waals surface area (Å²) in [5, 5.41) is 0.585. The van der Waals surface area contributed by atoms with Crippen molar-refractivity contribution < 1.29 is 14.3 Å². The van der Waals surface area contributed by atoms with Crippen LogP contribution in [0.2, 0.25) is 5.02 Å². The highest BCUT2D eigenvalue weighted by atomic mass is 35.5. The minimum Gasteiger partial charge on any atom is -0.450 e. The van der Waals surface area contributed by atoms with E-state index in [0.717, 1.165) is 5.56 Å². The van der Waals surface area contributed by atoms with Crippen molar-refractivity contribution in [3.05, 3.63) is 34.3 Å². The number of nitrogens with zero attached hydrogens (tertiary/aromatic N) is 1. The van der Waals surface area contributed by atoms with Crippen LogP contribution in [0.4, 0.5) is 4.79 Å². The number of hydrogen-bond donors (Lipinski definition) is 2. The molecule has 1 aromatic carbocycles. The number of carbonyl (C=O) groups is 2. The Morgan fingerprint density at radius 2 is 2.19 bits per heavy atom. The number of Topliss-reactive ketones (excluding diaryl/α,β-unsaturated/α-hetero) is 1. The monoisotopic (exact) mass is 311 g/mol. The zero-order valence-corrected chi connectivity index (χ0v) is 12.5. The molecule has 0 radical (unpaired) electrons. The highest BCUT2D eigenvalue weighted by Gasteiger charge is 2.37. The molecule has 2 rings (SSSR count). The first kappa shape index (κ1) is 15.8. The second-order valence-corrected chi connectivity index (χ2v) is 5.25. The number of fused-ring (bicyclic) bond motifs is 1. The summed E-state index contributed by atoms with van der Waals surface area (Å²) in [6.45, 7) is 2.30. The van der Waals surface area contributed by atoms with Crippen LogP contribution in [0.1, 0.15) is 24.1 Å². The molecule has 0 bridgehead atoms. The third-order valence-electron chi connectivity index (χ3n) is 3.43. The number of halogens is 1. The van der Waals surface area contributed by atoms with Gasteiger partial charge in [0.2, 0.25) is 0 Å². The van der Waals surface area contributed by atoms with E-state index >= 15 is 0 Å². The summed E-state index contributed by atoms with van der Waals surface area (Å²) >= 11 is 5.98. The maximum absolute atomic E-state index is 12.3. The Hall–Kier alpha value is -1.63. The van der Waals surface area contributed by atoms with E-state index in [1.54, 1.807) is 25.1 Å². The second-order valence-electron chi connectivity index (χ2n) is 4.82. The SMILES string of the molecule is CCOC(=O)N1CCc2cc(Cl)ccc2C1C(=O)C(N)N. The smallest absolute Gasteiger partial charge is 0.410 e. The molecule has 1 aromatic rings. The van der Waals surface area contributed by atoms with Gasteiger partial charge in [-0.2, -0.15) is 0 Å². The fourth-order valence-corrected chi connectivity index (χ4v) is 2.68. The van der Waals surface area contributed by atoms with Gasteiger partial charge in [-0.1, -0.05) is 17.7 Å². The molecule has 6 nitrogen and oxygen atoms in total. The molecule has 0 saturated carbocycles. The zero-order chi connectivity index (χ0) is 15.6. The van der Waals surface area contributed by atoms with E-state index in [4.69, 9.17) is 27.8 Å². The largest absolute Gasteiger partial charge is 0.450 e. The first-order chi connectivity index (χ1) is 9.95. The summed E-state index contributed by atoms with van der Waals surface area (Å²) in [7, 11) is 0. The second kappa shape index (κ2) is 6.43. The quantitative estimate of drug-likeness (QED) is 0.817. The van der Waals surface area contributed by atoms with Gasteiger partial charge in [-0.05, 0) is 36.6 Å². The van der Waals surface area contributed by atoms with Crippen LogP contribution in [0.15, 0.2) is 18.2 Å². The number of ether oxygens (including phenoxy) is 1.